The minimum atomic E-state index is -0.341. The summed E-state index contributed by atoms with van der Waals surface area (Å²) in [5.74, 6) is -0.00682. The summed E-state index contributed by atoms with van der Waals surface area (Å²) in [5, 5.41) is 5.50. The van der Waals surface area contributed by atoms with Crippen LogP contribution in [-0.2, 0) is 22.4 Å². The molecule has 4 nitrogen and oxygen atoms in total. The zero-order valence-electron chi connectivity index (χ0n) is 16.8. The number of rotatable bonds is 5. The highest BCUT2D eigenvalue weighted by atomic mass is 32.1. The van der Waals surface area contributed by atoms with E-state index in [1.165, 1.54) is 22.3 Å². The summed E-state index contributed by atoms with van der Waals surface area (Å²) in [5.41, 5.74) is 1.83. The topological polar surface area (TPSA) is 55.4 Å². The number of hydrogen-bond donors (Lipinski definition) is 1. The lowest BCUT2D eigenvalue weighted by atomic mass is 9.72. The molecule has 28 heavy (non-hydrogen) atoms. The number of fused-ring (bicyclic) bond motifs is 1. The van der Waals surface area contributed by atoms with Gasteiger partial charge in [0.1, 0.15) is 5.00 Å². The maximum atomic E-state index is 12.6. The molecule has 1 aliphatic rings. The van der Waals surface area contributed by atoms with E-state index in [2.05, 4.69) is 26.1 Å². The van der Waals surface area contributed by atoms with E-state index in [9.17, 15) is 9.59 Å². The first-order valence-corrected chi connectivity index (χ1v) is 11.3. The molecule has 1 aliphatic carbocycles. The zero-order chi connectivity index (χ0) is 20.3. The number of hydrogen-bond acceptors (Lipinski definition) is 5. The van der Waals surface area contributed by atoms with Gasteiger partial charge in [0.2, 0.25) is 5.91 Å². The normalized spacial score (nSPS) is 16.8. The predicted molar refractivity (Wildman–Crippen MR) is 117 cm³/mol. The van der Waals surface area contributed by atoms with Crippen LogP contribution in [0, 0.1) is 11.3 Å². The molecule has 0 saturated carbocycles. The summed E-state index contributed by atoms with van der Waals surface area (Å²) in [6.07, 6.45) is 6.13. The van der Waals surface area contributed by atoms with E-state index in [1.807, 2.05) is 17.5 Å². The smallest absolute Gasteiger partial charge is 0.341 e. The van der Waals surface area contributed by atoms with E-state index in [1.54, 1.807) is 24.3 Å². The molecule has 0 saturated heterocycles. The van der Waals surface area contributed by atoms with Crippen molar-refractivity contribution in [3.63, 3.8) is 0 Å². The van der Waals surface area contributed by atoms with Crippen LogP contribution in [0.4, 0.5) is 5.00 Å². The molecule has 2 aromatic rings. The van der Waals surface area contributed by atoms with Crippen LogP contribution in [0.3, 0.4) is 0 Å². The quantitative estimate of drug-likeness (QED) is 0.495. The van der Waals surface area contributed by atoms with Crippen molar-refractivity contribution in [1.82, 2.24) is 0 Å². The van der Waals surface area contributed by atoms with Gasteiger partial charge in [0.25, 0.3) is 0 Å². The first-order chi connectivity index (χ1) is 13.3. The molecule has 0 radical (unpaired) electrons. The molecule has 1 N–H and O–H groups in total. The fourth-order valence-electron chi connectivity index (χ4n) is 3.53. The van der Waals surface area contributed by atoms with Gasteiger partial charge in [-0.25, -0.2) is 4.79 Å². The maximum absolute atomic E-state index is 12.6. The molecule has 2 heterocycles. The van der Waals surface area contributed by atoms with E-state index >= 15 is 0 Å². The van der Waals surface area contributed by atoms with E-state index in [4.69, 9.17) is 4.74 Å². The molecule has 0 unspecified atom stereocenters. The first kappa shape index (κ1) is 20.8. The highest BCUT2D eigenvalue weighted by Crippen LogP contribution is 2.44. The van der Waals surface area contributed by atoms with Crippen molar-refractivity contribution in [1.29, 1.82) is 0 Å². The Morgan fingerprint density at radius 3 is 2.79 bits per heavy atom. The summed E-state index contributed by atoms with van der Waals surface area (Å²) in [6, 6.07) is 3.90. The van der Waals surface area contributed by atoms with Crippen LogP contribution in [0.25, 0.3) is 6.08 Å². The van der Waals surface area contributed by atoms with Crippen molar-refractivity contribution in [2.45, 2.75) is 47.0 Å². The highest BCUT2D eigenvalue weighted by molar-refractivity contribution is 7.17. The van der Waals surface area contributed by atoms with Crippen molar-refractivity contribution in [2.75, 3.05) is 11.9 Å². The molecule has 1 amide bonds. The summed E-state index contributed by atoms with van der Waals surface area (Å²) < 4.78 is 5.29. The van der Waals surface area contributed by atoms with Gasteiger partial charge in [0.15, 0.2) is 0 Å². The number of thiophene rings is 2. The number of esters is 1. The SMILES string of the molecule is CCOC(=O)c1c(NC(=O)/C=C/c2cccs2)sc2c1CC[C@H](C(C)(C)C)C2. The molecular formula is C22H27NO3S2. The Balaban J connectivity index is 1.86. The fourth-order valence-corrected chi connectivity index (χ4v) is 5.47. The van der Waals surface area contributed by atoms with Crippen LogP contribution < -0.4 is 5.32 Å². The molecule has 0 bridgehead atoms. The molecule has 6 heteroatoms. The van der Waals surface area contributed by atoms with Gasteiger partial charge in [-0.1, -0.05) is 26.8 Å². The second-order valence-electron chi connectivity index (χ2n) is 8.07. The summed E-state index contributed by atoms with van der Waals surface area (Å²) >= 11 is 3.10. The molecule has 0 spiro atoms. The molecule has 1 atom stereocenters. The van der Waals surface area contributed by atoms with Crippen LogP contribution in [0.5, 0.6) is 0 Å². The van der Waals surface area contributed by atoms with Gasteiger partial charge in [-0.15, -0.1) is 22.7 Å². The number of amides is 1. The second kappa shape index (κ2) is 8.62. The third-order valence-corrected chi connectivity index (χ3v) is 7.16. The molecule has 150 valence electrons. The number of carbonyl (C=O) groups is 2. The Bertz CT molecular complexity index is 872. The Morgan fingerprint density at radius 1 is 1.36 bits per heavy atom. The number of ether oxygens (including phenoxy) is 1. The Hall–Kier alpha value is -1.92. The van der Waals surface area contributed by atoms with Gasteiger partial charge >= 0.3 is 5.97 Å². The number of carbonyl (C=O) groups excluding carboxylic acids is 2. The Labute approximate surface area is 174 Å². The van der Waals surface area contributed by atoms with E-state index in [0.717, 1.165) is 29.7 Å². The van der Waals surface area contributed by atoms with Gasteiger partial charge in [0, 0.05) is 15.8 Å². The Kier molecular flexibility index (Phi) is 6.40. The summed E-state index contributed by atoms with van der Waals surface area (Å²) in [4.78, 5) is 27.3. The zero-order valence-corrected chi connectivity index (χ0v) is 18.5. The lowest BCUT2D eigenvalue weighted by molar-refractivity contribution is -0.111. The van der Waals surface area contributed by atoms with Crippen LogP contribution >= 0.6 is 22.7 Å². The molecule has 2 aromatic heterocycles. The summed E-state index contributed by atoms with van der Waals surface area (Å²) in [6.45, 7) is 8.91. The van der Waals surface area contributed by atoms with Crippen molar-refractivity contribution in [2.24, 2.45) is 11.3 Å². The third-order valence-electron chi connectivity index (χ3n) is 5.15. The standard InChI is InChI=1S/C22H27NO3S2/c1-5-26-21(25)19-16-10-8-14(22(2,3)4)13-17(16)28-20(19)23-18(24)11-9-15-7-6-12-27-15/h6-7,9,11-12,14H,5,8,10,13H2,1-4H3,(H,23,24)/b11-9+/t14-/m0/s1. The minimum Gasteiger partial charge on any atom is -0.462 e. The molecule has 0 fully saturated rings. The summed E-state index contributed by atoms with van der Waals surface area (Å²) in [7, 11) is 0. The monoisotopic (exact) mass is 417 g/mol. The average molecular weight is 418 g/mol. The molecule has 0 aliphatic heterocycles. The van der Waals surface area contributed by atoms with E-state index in [-0.39, 0.29) is 17.3 Å². The lowest BCUT2D eigenvalue weighted by Gasteiger charge is -2.33. The predicted octanol–water partition coefficient (Wildman–Crippen LogP) is 5.79. The van der Waals surface area contributed by atoms with Crippen molar-refractivity contribution in [3.8, 4) is 0 Å². The largest absolute Gasteiger partial charge is 0.462 e. The third kappa shape index (κ3) is 4.73. The van der Waals surface area contributed by atoms with Crippen LogP contribution in [0.2, 0.25) is 0 Å². The van der Waals surface area contributed by atoms with Crippen molar-refractivity contribution < 1.29 is 14.3 Å². The van der Waals surface area contributed by atoms with E-state index < -0.39 is 0 Å². The van der Waals surface area contributed by atoms with Gasteiger partial charge < -0.3 is 10.1 Å². The fraction of sp³-hybridized carbons (Fsp3) is 0.455. The number of nitrogens with one attached hydrogen (secondary N) is 1. The average Bonchev–Trinajstić information content (AvgIpc) is 3.26. The number of anilines is 1. The molecule has 3 rings (SSSR count). The second-order valence-corrected chi connectivity index (χ2v) is 10.2. The van der Waals surface area contributed by atoms with Crippen molar-refractivity contribution >= 4 is 45.6 Å². The first-order valence-electron chi connectivity index (χ1n) is 9.63. The van der Waals surface area contributed by atoms with E-state index in [0.29, 0.717) is 23.1 Å². The van der Waals surface area contributed by atoms with Gasteiger partial charge in [-0.3, -0.25) is 4.79 Å². The van der Waals surface area contributed by atoms with Crippen LogP contribution in [-0.4, -0.2) is 18.5 Å². The maximum Gasteiger partial charge on any atom is 0.341 e. The van der Waals surface area contributed by atoms with Crippen LogP contribution in [0.1, 0.15) is 59.8 Å². The van der Waals surface area contributed by atoms with Gasteiger partial charge in [-0.2, -0.15) is 0 Å². The highest BCUT2D eigenvalue weighted by Gasteiger charge is 2.34. The van der Waals surface area contributed by atoms with Crippen LogP contribution in [0.15, 0.2) is 23.6 Å². The minimum absolute atomic E-state index is 0.221. The molecule has 0 aromatic carbocycles. The van der Waals surface area contributed by atoms with Gasteiger partial charge in [-0.05, 0) is 60.6 Å². The lowest BCUT2D eigenvalue weighted by Crippen LogP contribution is -2.26. The molecular weight excluding hydrogens is 390 g/mol. The Morgan fingerprint density at radius 2 is 2.14 bits per heavy atom. The van der Waals surface area contributed by atoms with Gasteiger partial charge in [0.05, 0.1) is 12.2 Å². The van der Waals surface area contributed by atoms with Crippen molar-refractivity contribution in [3.05, 3.63) is 44.5 Å².